The first-order valence-electron chi connectivity index (χ1n) is 7.51. The second-order valence-corrected chi connectivity index (χ2v) is 7.05. The molecule has 0 heterocycles. The summed E-state index contributed by atoms with van der Waals surface area (Å²) in [7, 11) is 0. The van der Waals surface area contributed by atoms with Gasteiger partial charge in [-0.05, 0) is 77.1 Å². The van der Waals surface area contributed by atoms with Crippen LogP contribution in [0.5, 0.6) is 5.75 Å². The molecule has 1 fully saturated rings. The van der Waals surface area contributed by atoms with E-state index >= 15 is 0 Å². The van der Waals surface area contributed by atoms with E-state index in [-0.39, 0.29) is 0 Å². The summed E-state index contributed by atoms with van der Waals surface area (Å²) < 4.78 is 7.36. The molecule has 21 heavy (non-hydrogen) atoms. The maximum absolute atomic E-state index is 10.9. The predicted octanol–water partition coefficient (Wildman–Crippen LogP) is 5.21. The number of hydrogen-bond donors (Lipinski definition) is 0. The lowest BCUT2D eigenvalue weighted by Crippen LogP contribution is -2.23. The first-order chi connectivity index (χ1) is 10.2. The molecule has 0 spiro atoms. The minimum Gasteiger partial charge on any atom is -0.489 e. The van der Waals surface area contributed by atoms with Gasteiger partial charge in [0.2, 0.25) is 0 Å². The average Bonchev–Trinajstić information content (AvgIpc) is 2.52. The van der Waals surface area contributed by atoms with Crippen molar-refractivity contribution in [2.45, 2.75) is 38.7 Å². The van der Waals surface area contributed by atoms with Crippen LogP contribution in [0.1, 0.15) is 43.0 Å². The summed E-state index contributed by atoms with van der Waals surface area (Å²) in [6, 6.07) is 9.89. The highest BCUT2D eigenvalue weighted by atomic mass is 127. The summed E-state index contributed by atoms with van der Waals surface area (Å²) in [4.78, 5) is 10.9. The van der Waals surface area contributed by atoms with Crippen LogP contribution in [0.2, 0.25) is 0 Å². The molecule has 0 aliphatic heterocycles. The molecule has 0 amide bonds. The van der Waals surface area contributed by atoms with Gasteiger partial charge in [-0.15, -0.1) is 0 Å². The van der Waals surface area contributed by atoms with Gasteiger partial charge in [0.25, 0.3) is 0 Å². The predicted molar refractivity (Wildman–Crippen MR) is 94.1 cm³/mol. The van der Waals surface area contributed by atoms with E-state index in [4.69, 9.17) is 4.74 Å². The molecule has 3 heteroatoms. The second kappa shape index (κ2) is 6.34. The third-order valence-electron chi connectivity index (χ3n) is 4.34. The lowest BCUT2D eigenvalue weighted by atomic mass is 9.89. The number of carbonyl (C=O) groups is 1. The molecule has 1 aliphatic carbocycles. The third kappa shape index (κ3) is 3.23. The number of carbonyl (C=O) groups excluding carboxylic acids is 1. The molecule has 110 valence electrons. The van der Waals surface area contributed by atoms with Crippen LogP contribution in [-0.4, -0.2) is 12.4 Å². The molecular formula is C18H19IO2. The summed E-state index contributed by atoms with van der Waals surface area (Å²) in [5, 5.41) is 2.25. The molecule has 3 rings (SSSR count). The Morgan fingerprint density at radius 1 is 1.14 bits per heavy atom. The Kier molecular flexibility index (Phi) is 4.48. The Hall–Kier alpha value is -1.10. The van der Waals surface area contributed by atoms with Crippen molar-refractivity contribution in [3.8, 4) is 5.75 Å². The van der Waals surface area contributed by atoms with E-state index < -0.39 is 0 Å². The van der Waals surface area contributed by atoms with E-state index in [0.29, 0.717) is 11.7 Å². The van der Waals surface area contributed by atoms with Crippen LogP contribution in [0.15, 0.2) is 30.3 Å². The van der Waals surface area contributed by atoms with Crippen LogP contribution in [0, 0.1) is 9.49 Å². The first-order valence-corrected chi connectivity index (χ1v) is 8.59. The van der Waals surface area contributed by atoms with Gasteiger partial charge in [0.15, 0.2) is 0 Å². The van der Waals surface area contributed by atoms with E-state index in [1.165, 1.54) is 12.8 Å². The van der Waals surface area contributed by atoms with Crippen molar-refractivity contribution in [1.82, 2.24) is 0 Å². The van der Waals surface area contributed by atoms with Crippen LogP contribution in [0.4, 0.5) is 0 Å². The minimum absolute atomic E-state index is 0.349. The van der Waals surface area contributed by atoms with Crippen molar-refractivity contribution in [2.24, 2.45) is 5.92 Å². The van der Waals surface area contributed by atoms with Gasteiger partial charge in [-0.25, -0.2) is 0 Å². The number of hydrogen-bond acceptors (Lipinski definition) is 2. The van der Waals surface area contributed by atoms with Gasteiger partial charge >= 0.3 is 0 Å². The molecule has 0 bridgehead atoms. The summed E-state index contributed by atoms with van der Waals surface area (Å²) in [5.74, 6) is 1.81. The highest BCUT2D eigenvalue weighted by Gasteiger charge is 2.20. The van der Waals surface area contributed by atoms with Gasteiger partial charge in [-0.1, -0.05) is 25.1 Å². The van der Waals surface area contributed by atoms with Gasteiger partial charge in [0.1, 0.15) is 12.0 Å². The van der Waals surface area contributed by atoms with Crippen LogP contribution in [0.25, 0.3) is 10.8 Å². The zero-order valence-electron chi connectivity index (χ0n) is 12.1. The first kappa shape index (κ1) is 14.8. The van der Waals surface area contributed by atoms with E-state index in [1.54, 1.807) is 0 Å². The molecule has 1 saturated carbocycles. The van der Waals surface area contributed by atoms with Crippen LogP contribution >= 0.6 is 22.6 Å². The Labute approximate surface area is 139 Å². The fourth-order valence-corrected chi connectivity index (χ4v) is 3.78. The number of halogens is 1. The highest BCUT2D eigenvalue weighted by Crippen LogP contribution is 2.33. The Morgan fingerprint density at radius 2 is 1.90 bits per heavy atom. The van der Waals surface area contributed by atoms with Crippen molar-refractivity contribution in [1.29, 1.82) is 0 Å². The van der Waals surface area contributed by atoms with Crippen molar-refractivity contribution < 1.29 is 9.53 Å². The number of rotatable bonds is 3. The molecule has 2 nitrogen and oxygen atoms in total. The number of aldehydes is 1. The van der Waals surface area contributed by atoms with Gasteiger partial charge in [0, 0.05) is 5.56 Å². The smallest absolute Gasteiger partial charge is 0.150 e. The molecular weight excluding hydrogens is 375 g/mol. The molecule has 0 aromatic heterocycles. The number of ether oxygens (including phenoxy) is 1. The van der Waals surface area contributed by atoms with Crippen LogP contribution in [-0.2, 0) is 0 Å². The van der Waals surface area contributed by atoms with Crippen molar-refractivity contribution in [2.75, 3.05) is 0 Å². The Bertz CT molecular complexity index is 658. The highest BCUT2D eigenvalue weighted by molar-refractivity contribution is 14.1. The molecule has 2 aromatic carbocycles. The molecule has 0 unspecified atom stereocenters. The molecule has 0 saturated heterocycles. The Morgan fingerprint density at radius 3 is 2.62 bits per heavy atom. The zero-order valence-corrected chi connectivity index (χ0v) is 14.3. The number of fused-ring (bicyclic) bond motifs is 1. The zero-order chi connectivity index (χ0) is 14.8. The fraction of sp³-hybridized carbons (Fsp3) is 0.389. The monoisotopic (exact) mass is 394 g/mol. The second-order valence-electron chi connectivity index (χ2n) is 5.98. The lowest BCUT2D eigenvalue weighted by Gasteiger charge is -2.27. The quantitative estimate of drug-likeness (QED) is 0.528. The van der Waals surface area contributed by atoms with Crippen molar-refractivity contribution >= 4 is 39.6 Å². The van der Waals surface area contributed by atoms with Crippen LogP contribution < -0.4 is 4.74 Å². The molecule has 0 atom stereocenters. The normalized spacial score (nSPS) is 22.2. The molecule has 2 aromatic rings. The maximum atomic E-state index is 10.9. The maximum Gasteiger partial charge on any atom is 0.150 e. The topological polar surface area (TPSA) is 26.3 Å². The van der Waals surface area contributed by atoms with E-state index in [0.717, 1.165) is 45.1 Å². The third-order valence-corrected chi connectivity index (χ3v) is 5.45. The summed E-state index contributed by atoms with van der Waals surface area (Å²) in [6.07, 6.45) is 6.06. The summed E-state index contributed by atoms with van der Waals surface area (Å²) in [6.45, 7) is 2.32. The Balaban J connectivity index is 1.86. The summed E-state index contributed by atoms with van der Waals surface area (Å²) >= 11 is 2.35. The molecule has 0 N–H and O–H groups in total. The van der Waals surface area contributed by atoms with Crippen LogP contribution in [0.3, 0.4) is 0 Å². The van der Waals surface area contributed by atoms with Gasteiger partial charge in [-0.2, -0.15) is 0 Å². The van der Waals surface area contributed by atoms with E-state index in [1.807, 2.05) is 30.3 Å². The van der Waals surface area contributed by atoms with E-state index in [2.05, 4.69) is 29.5 Å². The lowest BCUT2D eigenvalue weighted by molar-refractivity contribution is 0.112. The van der Waals surface area contributed by atoms with Crippen molar-refractivity contribution in [3.05, 3.63) is 39.5 Å². The van der Waals surface area contributed by atoms with Gasteiger partial charge in [-0.3, -0.25) is 4.79 Å². The SMILES string of the molecule is CC1CCC(Oc2ccc3cc(C=O)ccc3c2I)CC1. The summed E-state index contributed by atoms with van der Waals surface area (Å²) in [5.41, 5.74) is 0.716. The van der Waals surface area contributed by atoms with E-state index in [9.17, 15) is 4.79 Å². The largest absolute Gasteiger partial charge is 0.489 e. The average molecular weight is 394 g/mol. The molecule has 0 radical (unpaired) electrons. The molecule has 1 aliphatic rings. The number of benzene rings is 2. The van der Waals surface area contributed by atoms with Crippen molar-refractivity contribution in [3.63, 3.8) is 0 Å². The van der Waals surface area contributed by atoms with Gasteiger partial charge in [0.05, 0.1) is 9.67 Å². The fourth-order valence-electron chi connectivity index (χ4n) is 2.98. The van der Waals surface area contributed by atoms with Gasteiger partial charge < -0.3 is 4.74 Å². The minimum atomic E-state index is 0.349. The standard InChI is InChI=1S/C18H19IO2/c1-12-2-6-15(7-3-12)21-17-9-5-14-10-13(11-20)4-8-16(14)18(17)19/h4-5,8-12,15H,2-3,6-7H2,1H3.